The van der Waals surface area contributed by atoms with Crippen LogP contribution in [0.5, 0.6) is 5.75 Å². The van der Waals surface area contributed by atoms with Crippen molar-refractivity contribution >= 4 is 11.8 Å². The minimum absolute atomic E-state index is 0.0381. The number of piperidine rings is 1. The van der Waals surface area contributed by atoms with Gasteiger partial charge in [-0.1, -0.05) is 12.1 Å². The molecule has 3 rings (SSSR count). The normalized spacial score (nSPS) is 16.8. The third-order valence-corrected chi connectivity index (χ3v) is 4.72. The van der Waals surface area contributed by atoms with Crippen molar-refractivity contribution in [1.29, 1.82) is 0 Å². The van der Waals surface area contributed by atoms with Gasteiger partial charge in [0.25, 0.3) is 0 Å². The van der Waals surface area contributed by atoms with Crippen LogP contribution in [0.1, 0.15) is 42.9 Å². The van der Waals surface area contributed by atoms with Crippen LogP contribution in [0.25, 0.3) is 0 Å². The Morgan fingerprint density at radius 2 is 2.11 bits per heavy atom. The van der Waals surface area contributed by atoms with Crippen molar-refractivity contribution in [3.63, 3.8) is 0 Å². The average Bonchev–Trinajstić information content (AvgIpc) is 3.15. The van der Waals surface area contributed by atoms with Crippen LogP contribution in [0.3, 0.4) is 0 Å². The van der Waals surface area contributed by atoms with Crippen molar-refractivity contribution < 1.29 is 18.7 Å². The van der Waals surface area contributed by atoms with Gasteiger partial charge in [0.15, 0.2) is 5.89 Å². The van der Waals surface area contributed by atoms with E-state index in [9.17, 15) is 9.59 Å². The second kappa shape index (κ2) is 8.70. The number of methoxy groups -OCH3 is 1. The number of nitrogens with one attached hydrogen (secondary N) is 1. The van der Waals surface area contributed by atoms with E-state index in [0.717, 1.165) is 29.9 Å². The molecule has 144 valence electrons. The van der Waals surface area contributed by atoms with Crippen molar-refractivity contribution in [2.75, 3.05) is 26.7 Å². The summed E-state index contributed by atoms with van der Waals surface area (Å²) in [6.45, 7) is 2.72. The van der Waals surface area contributed by atoms with Gasteiger partial charge in [-0.3, -0.25) is 9.59 Å². The minimum Gasteiger partial charge on any atom is -0.497 e. The molecule has 27 heavy (non-hydrogen) atoms. The number of carbonyl (C=O) groups is 2. The molecule has 2 heterocycles. The number of aromatic nitrogens is 1. The van der Waals surface area contributed by atoms with Crippen LogP contribution in [0.15, 0.2) is 34.9 Å². The van der Waals surface area contributed by atoms with E-state index >= 15 is 0 Å². The van der Waals surface area contributed by atoms with Gasteiger partial charge in [-0.25, -0.2) is 4.98 Å². The first kappa shape index (κ1) is 18.9. The van der Waals surface area contributed by atoms with E-state index in [1.807, 2.05) is 24.3 Å². The van der Waals surface area contributed by atoms with E-state index in [2.05, 4.69) is 10.3 Å². The quantitative estimate of drug-likeness (QED) is 0.841. The number of nitrogens with zero attached hydrogens (tertiary/aromatic N) is 2. The summed E-state index contributed by atoms with van der Waals surface area (Å²) in [6.07, 6.45) is 4.26. The molecule has 0 aliphatic carbocycles. The SMILES string of the molecule is COc1ccc(Cc2cnc([C@@H]3CCCN(C(=O)CNC(C)=O)C3)o2)cc1. The Bertz CT molecular complexity index is 785. The number of benzene rings is 1. The number of hydrogen-bond donors (Lipinski definition) is 1. The van der Waals surface area contributed by atoms with Gasteiger partial charge < -0.3 is 19.4 Å². The fourth-order valence-electron chi connectivity index (χ4n) is 3.25. The van der Waals surface area contributed by atoms with Crippen LogP contribution in [0.4, 0.5) is 0 Å². The lowest BCUT2D eigenvalue weighted by Crippen LogP contribution is -2.44. The van der Waals surface area contributed by atoms with Gasteiger partial charge in [-0.15, -0.1) is 0 Å². The second-order valence-corrected chi connectivity index (χ2v) is 6.78. The van der Waals surface area contributed by atoms with Gasteiger partial charge in [-0.2, -0.15) is 0 Å². The Labute approximate surface area is 158 Å². The number of oxazole rings is 1. The third kappa shape index (κ3) is 5.09. The molecule has 1 aliphatic rings. The highest BCUT2D eigenvalue weighted by Crippen LogP contribution is 2.27. The van der Waals surface area contributed by atoms with E-state index in [-0.39, 0.29) is 24.3 Å². The predicted molar refractivity (Wildman–Crippen MR) is 99.5 cm³/mol. The number of rotatable bonds is 6. The van der Waals surface area contributed by atoms with E-state index in [0.29, 0.717) is 25.4 Å². The number of likely N-dealkylation sites (tertiary alicyclic amines) is 1. The number of amides is 2. The minimum atomic E-state index is -0.201. The molecule has 0 bridgehead atoms. The molecule has 1 saturated heterocycles. The van der Waals surface area contributed by atoms with Crippen LogP contribution in [-0.4, -0.2) is 48.4 Å². The molecule has 1 aliphatic heterocycles. The van der Waals surface area contributed by atoms with E-state index in [4.69, 9.17) is 9.15 Å². The molecule has 1 aromatic carbocycles. The van der Waals surface area contributed by atoms with Crippen molar-refractivity contribution in [2.45, 2.75) is 32.1 Å². The molecule has 1 fully saturated rings. The Hall–Kier alpha value is -2.83. The van der Waals surface area contributed by atoms with Crippen LogP contribution in [-0.2, 0) is 16.0 Å². The van der Waals surface area contributed by atoms with Crippen LogP contribution in [0.2, 0.25) is 0 Å². The molecule has 7 nitrogen and oxygen atoms in total. The van der Waals surface area contributed by atoms with E-state index < -0.39 is 0 Å². The zero-order chi connectivity index (χ0) is 19.2. The molecule has 7 heteroatoms. The van der Waals surface area contributed by atoms with Gasteiger partial charge in [0.2, 0.25) is 11.8 Å². The monoisotopic (exact) mass is 371 g/mol. The number of carbonyl (C=O) groups excluding carboxylic acids is 2. The molecule has 2 amide bonds. The number of ether oxygens (including phenoxy) is 1. The lowest BCUT2D eigenvalue weighted by Gasteiger charge is -2.31. The van der Waals surface area contributed by atoms with Crippen molar-refractivity contribution in [2.24, 2.45) is 0 Å². The molecule has 0 saturated carbocycles. The molecule has 0 unspecified atom stereocenters. The third-order valence-electron chi connectivity index (χ3n) is 4.72. The molecule has 1 N–H and O–H groups in total. The summed E-state index contributed by atoms with van der Waals surface area (Å²) in [6, 6.07) is 7.85. The first-order chi connectivity index (χ1) is 13.0. The lowest BCUT2D eigenvalue weighted by atomic mass is 9.98. The van der Waals surface area contributed by atoms with Gasteiger partial charge in [0.1, 0.15) is 11.5 Å². The largest absolute Gasteiger partial charge is 0.497 e. The van der Waals surface area contributed by atoms with Crippen LogP contribution < -0.4 is 10.1 Å². The fraction of sp³-hybridized carbons (Fsp3) is 0.450. The summed E-state index contributed by atoms with van der Waals surface area (Å²) in [5.41, 5.74) is 1.12. The molecule has 1 aromatic heterocycles. The molecular weight excluding hydrogens is 346 g/mol. The predicted octanol–water partition coefficient (Wildman–Crippen LogP) is 2.12. The standard InChI is InChI=1S/C20H25N3O4/c1-14(24)21-12-19(25)23-9-3-4-16(13-23)20-22-11-18(27-20)10-15-5-7-17(26-2)8-6-15/h5-8,11,16H,3-4,9-10,12-13H2,1-2H3,(H,21,24)/t16-/m1/s1. The Kier molecular flexibility index (Phi) is 6.11. The first-order valence-electron chi connectivity index (χ1n) is 9.15. The molecular formula is C20H25N3O4. The molecule has 2 aromatic rings. The summed E-state index contributed by atoms with van der Waals surface area (Å²) in [7, 11) is 1.64. The van der Waals surface area contributed by atoms with Gasteiger partial charge >= 0.3 is 0 Å². The summed E-state index contributed by atoms with van der Waals surface area (Å²) < 4.78 is 11.1. The lowest BCUT2D eigenvalue weighted by molar-refractivity contribution is -0.133. The van der Waals surface area contributed by atoms with E-state index in [1.165, 1.54) is 6.92 Å². The van der Waals surface area contributed by atoms with Crippen molar-refractivity contribution in [1.82, 2.24) is 15.2 Å². The highest BCUT2D eigenvalue weighted by molar-refractivity contribution is 5.83. The summed E-state index contributed by atoms with van der Waals surface area (Å²) >= 11 is 0. The summed E-state index contributed by atoms with van der Waals surface area (Å²) in [4.78, 5) is 29.4. The smallest absolute Gasteiger partial charge is 0.241 e. The van der Waals surface area contributed by atoms with Crippen molar-refractivity contribution in [3.8, 4) is 5.75 Å². The highest BCUT2D eigenvalue weighted by Gasteiger charge is 2.27. The van der Waals surface area contributed by atoms with Gasteiger partial charge in [0, 0.05) is 26.4 Å². The fourth-order valence-corrected chi connectivity index (χ4v) is 3.25. The highest BCUT2D eigenvalue weighted by atomic mass is 16.5. The van der Waals surface area contributed by atoms with Crippen molar-refractivity contribution in [3.05, 3.63) is 47.7 Å². The maximum absolute atomic E-state index is 12.2. The van der Waals surface area contributed by atoms with Crippen LogP contribution >= 0.6 is 0 Å². The van der Waals surface area contributed by atoms with Gasteiger partial charge in [-0.05, 0) is 30.5 Å². The summed E-state index contributed by atoms with van der Waals surface area (Å²) in [5, 5.41) is 2.56. The Morgan fingerprint density at radius 1 is 1.33 bits per heavy atom. The molecule has 0 radical (unpaired) electrons. The van der Waals surface area contributed by atoms with Gasteiger partial charge in [0.05, 0.1) is 25.8 Å². The van der Waals surface area contributed by atoms with E-state index in [1.54, 1.807) is 18.2 Å². The zero-order valence-corrected chi connectivity index (χ0v) is 15.7. The Morgan fingerprint density at radius 3 is 2.81 bits per heavy atom. The summed E-state index contributed by atoms with van der Waals surface area (Å²) in [5.74, 6) is 2.12. The number of hydrogen-bond acceptors (Lipinski definition) is 5. The topological polar surface area (TPSA) is 84.7 Å². The maximum atomic E-state index is 12.2. The average molecular weight is 371 g/mol. The molecule has 1 atom stereocenters. The second-order valence-electron chi connectivity index (χ2n) is 6.78. The van der Waals surface area contributed by atoms with Crippen LogP contribution in [0, 0.1) is 0 Å². The Balaban J connectivity index is 1.59. The molecule has 0 spiro atoms. The zero-order valence-electron chi connectivity index (χ0n) is 15.7. The first-order valence-corrected chi connectivity index (χ1v) is 9.15. The maximum Gasteiger partial charge on any atom is 0.241 e.